The van der Waals surface area contributed by atoms with E-state index in [0.29, 0.717) is 12.2 Å². The third-order valence-electron chi connectivity index (χ3n) is 2.84. The third kappa shape index (κ3) is 2.82. The molecule has 0 fully saturated rings. The van der Waals surface area contributed by atoms with Crippen molar-refractivity contribution in [1.82, 2.24) is 9.47 Å². The van der Waals surface area contributed by atoms with E-state index < -0.39 is 0 Å². The van der Waals surface area contributed by atoms with Crippen molar-refractivity contribution in [1.29, 1.82) is 0 Å². The van der Waals surface area contributed by atoms with Crippen LogP contribution >= 0.6 is 15.9 Å². The van der Waals surface area contributed by atoms with Gasteiger partial charge in [-0.25, -0.2) is 0 Å². The quantitative estimate of drug-likeness (QED) is 0.855. The zero-order valence-electron chi connectivity index (χ0n) is 10.4. The van der Waals surface area contributed by atoms with Gasteiger partial charge >= 0.3 is 0 Å². The van der Waals surface area contributed by atoms with Gasteiger partial charge in [-0.1, -0.05) is 28.1 Å². The first-order valence-corrected chi connectivity index (χ1v) is 6.48. The second-order valence-electron chi connectivity index (χ2n) is 4.29. The molecule has 0 bridgehead atoms. The molecule has 1 aromatic carbocycles. The van der Waals surface area contributed by atoms with Gasteiger partial charge in [-0.2, -0.15) is 0 Å². The molecule has 0 radical (unpaired) electrons. The number of aromatic nitrogens is 1. The van der Waals surface area contributed by atoms with Crippen LogP contribution in [0.3, 0.4) is 0 Å². The first-order valence-electron chi connectivity index (χ1n) is 5.69. The van der Waals surface area contributed by atoms with Gasteiger partial charge in [-0.15, -0.1) is 0 Å². The zero-order valence-corrected chi connectivity index (χ0v) is 12.0. The highest BCUT2D eigenvalue weighted by molar-refractivity contribution is 9.10. The minimum atomic E-state index is 0.0328. The van der Waals surface area contributed by atoms with E-state index in [1.165, 1.54) is 0 Å². The Bertz CT molecular complexity index is 545. The number of nitrogens with zero attached hydrogens (tertiary/aromatic N) is 2. The van der Waals surface area contributed by atoms with E-state index in [-0.39, 0.29) is 5.91 Å². The summed E-state index contributed by atoms with van der Waals surface area (Å²) in [5.74, 6) is 0.0328. The number of aryl methyl sites for hydroxylation is 1. The summed E-state index contributed by atoms with van der Waals surface area (Å²) in [6.07, 6.45) is 1.88. The molecule has 18 heavy (non-hydrogen) atoms. The van der Waals surface area contributed by atoms with Gasteiger partial charge in [0.1, 0.15) is 5.69 Å². The van der Waals surface area contributed by atoms with Gasteiger partial charge in [-0.3, -0.25) is 4.79 Å². The number of halogens is 1. The number of rotatable bonds is 3. The van der Waals surface area contributed by atoms with E-state index >= 15 is 0 Å². The Morgan fingerprint density at radius 3 is 2.50 bits per heavy atom. The lowest BCUT2D eigenvalue weighted by Gasteiger charge is -2.17. The molecule has 0 saturated heterocycles. The van der Waals surface area contributed by atoms with E-state index in [1.807, 2.05) is 61.3 Å². The smallest absolute Gasteiger partial charge is 0.270 e. The summed E-state index contributed by atoms with van der Waals surface area (Å²) in [5, 5.41) is 0. The van der Waals surface area contributed by atoms with Crippen LogP contribution in [0.2, 0.25) is 0 Å². The Labute approximate surface area is 115 Å². The summed E-state index contributed by atoms with van der Waals surface area (Å²) in [4.78, 5) is 13.9. The van der Waals surface area contributed by atoms with Crippen LogP contribution < -0.4 is 0 Å². The highest BCUT2D eigenvalue weighted by Crippen LogP contribution is 2.13. The van der Waals surface area contributed by atoms with Crippen LogP contribution in [-0.4, -0.2) is 22.4 Å². The molecule has 0 saturated carbocycles. The normalized spacial score (nSPS) is 10.4. The van der Waals surface area contributed by atoms with E-state index in [4.69, 9.17) is 0 Å². The molecule has 0 aliphatic rings. The lowest BCUT2D eigenvalue weighted by Crippen LogP contribution is -2.27. The van der Waals surface area contributed by atoms with Crippen LogP contribution in [0.1, 0.15) is 16.1 Å². The summed E-state index contributed by atoms with van der Waals surface area (Å²) in [6, 6.07) is 11.7. The first kappa shape index (κ1) is 12.9. The monoisotopic (exact) mass is 306 g/mol. The van der Waals surface area contributed by atoms with Gasteiger partial charge in [0.05, 0.1) is 0 Å². The van der Waals surface area contributed by atoms with Crippen molar-refractivity contribution >= 4 is 21.8 Å². The Morgan fingerprint density at radius 2 is 1.94 bits per heavy atom. The van der Waals surface area contributed by atoms with Crippen molar-refractivity contribution in [3.8, 4) is 0 Å². The fraction of sp³-hybridized carbons (Fsp3) is 0.214. The summed E-state index contributed by atoms with van der Waals surface area (Å²) in [7, 11) is 3.69. The maximum Gasteiger partial charge on any atom is 0.270 e. The molecule has 0 atom stereocenters. The number of amides is 1. The van der Waals surface area contributed by atoms with Gasteiger partial charge in [0, 0.05) is 31.3 Å². The second kappa shape index (κ2) is 5.40. The topological polar surface area (TPSA) is 25.2 Å². The van der Waals surface area contributed by atoms with Gasteiger partial charge in [-0.05, 0) is 29.8 Å². The molecular formula is C14H15BrN2O. The van der Waals surface area contributed by atoms with Crippen molar-refractivity contribution in [2.45, 2.75) is 6.54 Å². The van der Waals surface area contributed by atoms with Crippen molar-refractivity contribution in [3.05, 3.63) is 58.3 Å². The zero-order chi connectivity index (χ0) is 13.1. The predicted molar refractivity (Wildman–Crippen MR) is 75.4 cm³/mol. The van der Waals surface area contributed by atoms with E-state index in [9.17, 15) is 4.79 Å². The first-order chi connectivity index (χ1) is 8.58. The molecule has 94 valence electrons. The SMILES string of the molecule is CN(Cc1ccc(Br)cc1)C(=O)c1cccn1C. The molecule has 0 N–H and O–H groups in total. The molecule has 0 unspecified atom stereocenters. The molecule has 2 rings (SSSR count). The minimum Gasteiger partial charge on any atom is -0.347 e. The Kier molecular flexibility index (Phi) is 3.87. The Hall–Kier alpha value is -1.55. The van der Waals surface area contributed by atoms with E-state index in [1.54, 1.807) is 4.90 Å². The van der Waals surface area contributed by atoms with Crippen molar-refractivity contribution in [2.75, 3.05) is 7.05 Å². The molecule has 1 aromatic heterocycles. The summed E-state index contributed by atoms with van der Waals surface area (Å²) in [5.41, 5.74) is 1.82. The average Bonchev–Trinajstić information content (AvgIpc) is 2.77. The summed E-state index contributed by atoms with van der Waals surface area (Å²) < 4.78 is 2.88. The third-order valence-corrected chi connectivity index (χ3v) is 3.37. The number of carbonyl (C=O) groups excluding carboxylic acids is 1. The summed E-state index contributed by atoms with van der Waals surface area (Å²) >= 11 is 3.40. The molecule has 0 spiro atoms. The van der Waals surface area contributed by atoms with Gasteiger partial charge < -0.3 is 9.47 Å². The standard InChI is InChI=1S/C14H15BrN2O/c1-16-9-3-4-13(16)14(18)17(2)10-11-5-7-12(15)8-6-11/h3-9H,10H2,1-2H3. The van der Waals surface area contributed by atoms with E-state index in [2.05, 4.69) is 15.9 Å². The largest absolute Gasteiger partial charge is 0.347 e. The van der Waals surface area contributed by atoms with Crippen LogP contribution in [-0.2, 0) is 13.6 Å². The van der Waals surface area contributed by atoms with Gasteiger partial charge in [0.25, 0.3) is 5.91 Å². The van der Waals surface area contributed by atoms with Crippen molar-refractivity contribution < 1.29 is 4.79 Å². The fourth-order valence-electron chi connectivity index (χ4n) is 1.81. The van der Waals surface area contributed by atoms with Crippen LogP contribution in [0.5, 0.6) is 0 Å². The van der Waals surface area contributed by atoms with Gasteiger partial charge in [0.2, 0.25) is 0 Å². The summed E-state index contributed by atoms with van der Waals surface area (Å²) in [6.45, 7) is 0.608. The highest BCUT2D eigenvalue weighted by Gasteiger charge is 2.14. The minimum absolute atomic E-state index is 0.0328. The van der Waals surface area contributed by atoms with Gasteiger partial charge in [0.15, 0.2) is 0 Å². The Balaban J connectivity index is 2.08. The number of hydrogen-bond donors (Lipinski definition) is 0. The molecule has 3 nitrogen and oxygen atoms in total. The van der Waals surface area contributed by atoms with Crippen molar-refractivity contribution in [2.24, 2.45) is 7.05 Å². The molecule has 4 heteroatoms. The molecule has 1 amide bonds. The predicted octanol–water partition coefficient (Wildman–Crippen LogP) is 3.06. The number of hydrogen-bond acceptors (Lipinski definition) is 1. The average molecular weight is 307 g/mol. The molecule has 0 aliphatic heterocycles. The number of benzene rings is 1. The van der Waals surface area contributed by atoms with Crippen LogP contribution in [0.15, 0.2) is 47.1 Å². The van der Waals surface area contributed by atoms with Crippen LogP contribution in [0.25, 0.3) is 0 Å². The number of carbonyl (C=O) groups is 1. The highest BCUT2D eigenvalue weighted by atomic mass is 79.9. The molecule has 2 aromatic rings. The molecule has 0 aliphatic carbocycles. The Morgan fingerprint density at radius 1 is 1.28 bits per heavy atom. The molecular weight excluding hydrogens is 292 g/mol. The maximum absolute atomic E-state index is 12.2. The van der Waals surface area contributed by atoms with E-state index in [0.717, 1.165) is 10.0 Å². The lowest BCUT2D eigenvalue weighted by molar-refractivity contribution is 0.0775. The van der Waals surface area contributed by atoms with Crippen LogP contribution in [0.4, 0.5) is 0 Å². The lowest BCUT2D eigenvalue weighted by atomic mass is 10.2. The fourth-order valence-corrected chi connectivity index (χ4v) is 2.08. The van der Waals surface area contributed by atoms with Crippen molar-refractivity contribution in [3.63, 3.8) is 0 Å². The maximum atomic E-state index is 12.2. The molecule has 1 heterocycles. The van der Waals surface area contributed by atoms with Crippen LogP contribution in [0, 0.1) is 0 Å². The second-order valence-corrected chi connectivity index (χ2v) is 5.21.